The van der Waals surface area contributed by atoms with Gasteiger partial charge in [0.2, 0.25) is 0 Å². The molecule has 0 radical (unpaired) electrons. The first-order valence-corrected chi connectivity index (χ1v) is 6.09. The summed E-state index contributed by atoms with van der Waals surface area (Å²) in [5.41, 5.74) is 2.83. The van der Waals surface area contributed by atoms with Crippen molar-refractivity contribution in [3.63, 3.8) is 0 Å². The Bertz CT molecular complexity index is 340. The highest BCUT2D eigenvalue weighted by Gasteiger charge is 2.20. The largest absolute Gasteiger partial charge is 0.310 e. The summed E-state index contributed by atoms with van der Waals surface area (Å²) in [6.45, 7) is 5.61. The van der Waals surface area contributed by atoms with Gasteiger partial charge in [-0.15, -0.1) is 0 Å². The van der Waals surface area contributed by atoms with Gasteiger partial charge in [0.05, 0.1) is 0 Å². The van der Waals surface area contributed by atoms with E-state index in [1.54, 1.807) is 0 Å². The molecule has 1 aliphatic rings. The first kappa shape index (κ1) is 11.0. The van der Waals surface area contributed by atoms with Gasteiger partial charge < -0.3 is 5.32 Å². The van der Waals surface area contributed by atoms with Gasteiger partial charge in [-0.2, -0.15) is 0 Å². The topological polar surface area (TPSA) is 12.0 Å². The van der Waals surface area contributed by atoms with E-state index in [2.05, 4.69) is 31.3 Å². The number of nitrogens with one attached hydrogen (secondary N) is 1. The molecule has 0 saturated carbocycles. The molecule has 1 aliphatic heterocycles. The van der Waals surface area contributed by atoms with Crippen LogP contribution in [0.3, 0.4) is 0 Å². The van der Waals surface area contributed by atoms with Gasteiger partial charge in [0.25, 0.3) is 0 Å². The Hall–Kier alpha value is -0.530. The maximum absolute atomic E-state index is 6.07. The Labute approximate surface area is 96.8 Å². The van der Waals surface area contributed by atoms with Crippen LogP contribution in [0.4, 0.5) is 0 Å². The van der Waals surface area contributed by atoms with Gasteiger partial charge in [0.15, 0.2) is 0 Å². The van der Waals surface area contributed by atoms with E-state index in [1.807, 2.05) is 6.07 Å². The molecule has 1 aromatic rings. The molecule has 0 aliphatic carbocycles. The Kier molecular flexibility index (Phi) is 3.32. The molecule has 1 N–H and O–H groups in total. The highest BCUT2D eigenvalue weighted by atomic mass is 35.5. The van der Waals surface area contributed by atoms with Crippen molar-refractivity contribution in [1.29, 1.82) is 0 Å². The standard InChI is InChI=1S/C13H18ClN/c1-9(2)11-6-5-10(14)8-12(11)13-4-3-7-15-13/h5-6,8-9,13,15H,3-4,7H2,1-2H3. The summed E-state index contributed by atoms with van der Waals surface area (Å²) in [5.74, 6) is 0.569. The third kappa shape index (κ3) is 2.35. The second-order valence-electron chi connectivity index (χ2n) is 4.58. The van der Waals surface area contributed by atoms with E-state index >= 15 is 0 Å². The Morgan fingerprint density at radius 2 is 2.20 bits per heavy atom. The van der Waals surface area contributed by atoms with Crippen molar-refractivity contribution in [2.24, 2.45) is 0 Å². The summed E-state index contributed by atoms with van der Waals surface area (Å²) < 4.78 is 0. The minimum atomic E-state index is 0.515. The van der Waals surface area contributed by atoms with E-state index in [0.717, 1.165) is 11.6 Å². The number of hydrogen-bond donors (Lipinski definition) is 1. The van der Waals surface area contributed by atoms with Crippen molar-refractivity contribution in [2.45, 2.75) is 38.6 Å². The summed E-state index contributed by atoms with van der Waals surface area (Å²) in [6.07, 6.45) is 2.51. The molecule has 0 aromatic heterocycles. The molecule has 0 spiro atoms. The number of rotatable bonds is 2. The Balaban J connectivity index is 2.37. The predicted octanol–water partition coefficient (Wildman–Crippen LogP) is 3.89. The Morgan fingerprint density at radius 1 is 1.40 bits per heavy atom. The third-order valence-corrected chi connectivity index (χ3v) is 3.34. The van der Waals surface area contributed by atoms with Crippen LogP contribution in [0.1, 0.15) is 49.8 Å². The molecule has 1 aromatic carbocycles. The minimum absolute atomic E-state index is 0.515. The summed E-state index contributed by atoms with van der Waals surface area (Å²) >= 11 is 6.07. The fourth-order valence-electron chi connectivity index (χ4n) is 2.32. The molecule has 1 saturated heterocycles. The first-order valence-electron chi connectivity index (χ1n) is 5.71. The van der Waals surface area contributed by atoms with Gasteiger partial charge >= 0.3 is 0 Å². The van der Waals surface area contributed by atoms with Crippen molar-refractivity contribution >= 4 is 11.6 Å². The summed E-state index contributed by atoms with van der Waals surface area (Å²) in [7, 11) is 0. The zero-order chi connectivity index (χ0) is 10.8. The van der Waals surface area contributed by atoms with Gasteiger partial charge in [-0.1, -0.05) is 31.5 Å². The second kappa shape index (κ2) is 4.54. The van der Waals surface area contributed by atoms with Crippen LogP contribution in [0.5, 0.6) is 0 Å². The van der Waals surface area contributed by atoms with E-state index in [9.17, 15) is 0 Å². The quantitative estimate of drug-likeness (QED) is 0.802. The van der Waals surface area contributed by atoms with E-state index in [4.69, 9.17) is 11.6 Å². The molecule has 1 fully saturated rings. The van der Waals surface area contributed by atoms with Crippen LogP contribution in [-0.4, -0.2) is 6.54 Å². The van der Waals surface area contributed by atoms with Crippen LogP contribution in [0, 0.1) is 0 Å². The van der Waals surface area contributed by atoms with Crippen molar-refractivity contribution in [3.05, 3.63) is 34.3 Å². The number of halogens is 1. The lowest BCUT2D eigenvalue weighted by Gasteiger charge is -2.18. The van der Waals surface area contributed by atoms with Crippen molar-refractivity contribution < 1.29 is 0 Å². The zero-order valence-corrected chi connectivity index (χ0v) is 10.1. The number of benzene rings is 1. The van der Waals surface area contributed by atoms with Crippen molar-refractivity contribution in [2.75, 3.05) is 6.54 Å². The van der Waals surface area contributed by atoms with Gasteiger partial charge in [0, 0.05) is 11.1 Å². The maximum Gasteiger partial charge on any atom is 0.0409 e. The highest BCUT2D eigenvalue weighted by Crippen LogP contribution is 2.32. The molecule has 0 amide bonds. The SMILES string of the molecule is CC(C)c1ccc(Cl)cc1C1CCCN1. The van der Waals surface area contributed by atoms with E-state index in [-0.39, 0.29) is 0 Å². The van der Waals surface area contributed by atoms with Crippen LogP contribution < -0.4 is 5.32 Å². The molecule has 1 unspecified atom stereocenters. The van der Waals surface area contributed by atoms with Crippen LogP contribution in [0.15, 0.2) is 18.2 Å². The second-order valence-corrected chi connectivity index (χ2v) is 5.01. The fraction of sp³-hybridized carbons (Fsp3) is 0.538. The molecule has 2 heteroatoms. The molecular formula is C13H18ClN. The first-order chi connectivity index (χ1) is 7.18. The van der Waals surface area contributed by atoms with Crippen LogP contribution in [0.2, 0.25) is 5.02 Å². The van der Waals surface area contributed by atoms with Gasteiger partial charge in [0.1, 0.15) is 0 Å². The zero-order valence-electron chi connectivity index (χ0n) is 9.39. The molecule has 2 rings (SSSR count). The molecule has 1 heterocycles. The molecule has 1 atom stereocenters. The summed E-state index contributed by atoms with van der Waals surface area (Å²) in [4.78, 5) is 0. The average molecular weight is 224 g/mol. The van der Waals surface area contributed by atoms with Crippen molar-refractivity contribution in [3.8, 4) is 0 Å². The van der Waals surface area contributed by atoms with Crippen LogP contribution >= 0.6 is 11.6 Å². The van der Waals surface area contributed by atoms with Crippen LogP contribution in [-0.2, 0) is 0 Å². The van der Waals surface area contributed by atoms with Crippen LogP contribution in [0.25, 0.3) is 0 Å². The normalized spacial score (nSPS) is 21.2. The van der Waals surface area contributed by atoms with Crippen molar-refractivity contribution in [1.82, 2.24) is 5.32 Å². The fourth-order valence-corrected chi connectivity index (χ4v) is 2.50. The average Bonchev–Trinajstić information content (AvgIpc) is 2.69. The molecular weight excluding hydrogens is 206 g/mol. The van der Waals surface area contributed by atoms with E-state index < -0.39 is 0 Å². The lowest BCUT2D eigenvalue weighted by Crippen LogP contribution is -2.15. The molecule has 82 valence electrons. The molecule has 1 nitrogen and oxygen atoms in total. The molecule has 15 heavy (non-hydrogen) atoms. The lowest BCUT2D eigenvalue weighted by atomic mass is 9.92. The third-order valence-electron chi connectivity index (χ3n) is 3.11. The minimum Gasteiger partial charge on any atom is -0.310 e. The highest BCUT2D eigenvalue weighted by molar-refractivity contribution is 6.30. The van der Waals surface area contributed by atoms with Gasteiger partial charge in [-0.05, 0) is 48.6 Å². The maximum atomic E-state index is 6.07. The summed E-state index contributed by atoms with van der Waals surface area (Å²) in [6, 6.07) is 6.80. The summed E-state index contributed by atoms with van der Waals surface area (Å²) in [5, 5.41) is 4.39. The lowest BCUT2D eigenvalue weighted by molar-refractivity contribution is 0.633. The monoisotopic (exact) mass is 223 g/mol. The predicted molar refractivity (Wildman–Crippen MR) is 65.5 cm³/mol. The van der Waals surface area contributed by atoms with Gasteiger partial charge in [-0.3, -0.25) is 0 Å². The molecule has 0 bridgehead atoms. The van der Waals surface area contributed by atoms with E-state index in [0.29, 0.717) is 12.0 Å². The number of hydrogen-bond acceptors (Lipinski definition) is 1. The van der Waals surface area contributed by atoms with Gasteiger partial charge in [-0.25, -0.2) is 0 Å². The van der Waals surface area contributed by atoms with E-state index in [1.165, 1.54) is 24.0 Å². The Morgan fingerprint density at radius 3 is 2.80 bits per heavy atom. The smallest absolute Gasteiger partial charge is 0.0409 e.